The van der Waals surface area contributed by atoms with Crippen molar-refractivity contribution in [2.24, 2.45) is 0 Å². The summed E-state index contributed by atoms with van der Waals surface area (Å²) in [6.07, 6.45) is 0. The van der Waals surface area contributed by atoms with E-state index in [-0.39, 0.29) is 5.41 Å². The molecule has 1 unspecified atom stereocenters. The van der Waals surface area contributed by atoms with Crippen molar-refractivity contribution in [3.63, 3.8) is 0 Å². The predicted molar refractivity (Wildman–Crippen MR) is 208 cm³/mol. The molecule has 8 aromatic carbocycles. The molecule has 10 rings (SSSR count). The van der Waals surface area contributed by atoms with Crippen LogP contribution in [0.15, 0.2) is 176 Å². The van der Waals surface area contributed by atoms with Crippen LogP contribution in [0, 0.1) is 0 Å². The van der Waals surface area contributed by atoms with Crippen molar-refractivity contribution in [1.82, 2.24) is 9.97 Å². The van der Waals surface area contributed by atoms with E-state index in [9.17, 15) is 0 Å². The van der Waals surface area contributed by atoms with Gasteiger partial charge in [0.25, 0.3) is 0 Å². The Hall–Kier alpha value is -6.38. The lowest BCUT2D eigenvalue weighted by Crippen LogP contribution is -2.22. The Labute approximate surface area is 291 Å². The molecule has 1 aromatic heterocycles. The summed E-state index contributed by atoms with van der Waals surface area (Å²) in [7, 11) is 0. The summed E-state index contributed by atoms with van der Waals surface area (Å²) in [5, 5.41) is 7.27. The molecule has 9 aromatic rings. The number of aromatic nitrogens is 2. The van der Waals surface area contributed by atoms with Gasteiger partial charge in [0.1, 0.15) is 0 Å². The van der Waals surface area contributed by atoms with Gasteiger partial charge in [0.05, 0.1) is 11.4 Å². The number of hydrogen-bond acceptors (Lipinski definition) is 2. The highest BCUT2D eigenvalue weighted by atomic mass is 14.9. The van der Waals surface area contributed by atoms with Crippen LogP contribution in [0.2, 0.25) is 0 Å². The first-order valence-corrected chi connectivity index (χ1v) is 17.3. The van der Waals surface area contributed by atoms with Gasteiger partial charge in [-0.2, -0.15) is 0 Å². The fourth-order valence-electron chi connectivity index (χ4n) is 8.27. The zero-order valence-electron chi connectivity index (χ0n) is 27.6. The summed E-state index contributed by atoms with van der Waals surface area (Å²) >= 11 is 0. The maximum Gasteiger partial charge on any atom is 0.160 e. The van der Waals surface area contributed by atoms with Gasteiger partial charge in [-0.25, -0.2) is 9.97 Å². The smallest absolute Gasteiger partial charge is 0.160 e. The van der Waals surface area contributed by atoms with Crippen molar-refractivity contribution in [1.29, 1.82) is 0 Å². The minimum Gasteiger partial charge on any atom is -0.228 e. The van der Waals surface area contributed by atoms with Crippen molar-refractivity contribution in [2.45, 2.75) is 12.3 Å². The summed E-state index contributed by atoms with van der Waals surface area (Å²) in [6.45, 7) is 2.37. The van der Waals surface area contributed by atoms with Gasteiger partial charge in [0, 0.05) is 22.1 Å². The van der Waals surface area contributed by atoms with Crippen LogP contribution >= 0.6 is 0 Å². The van der Waals surface area contributed by atoms with Crippen molar-refractivity contribution >= 4 is 32.3 Å². The number of nitrogens with zero attached hydrogens (tertiary/aromatic N) is 2. The highest BCUT2D eigenvalue weighted by Gasteiger charge is 2.40. The van der Waals surface area contributed by atoms with Crippen LogP contribution in [0.4, 0.5) is 0 Å². The second-order valence-electron chi connectivity index (χ2n) is 13.5. The molecule has 1 atom stereocenters. The Kier molecular flexibility index (Phi) is 6.34. The molecule has 234 valence electrons. The normalized spacial score (nSPS) is 15.0. The molecule has 0 saturated heterocycles. The van der Waals surface area contributed by atoms with Gasteiger partial charge in [0.2, 0.25) is 0 Å². The fourth-order valence-corrected chi connectivity index (χ4v) is 8.27. The highest BCUT2D eigenvalue weighted by Crippen LogP contribution is 2.53. The zero-order valence-corrected chi connectivity index (χ0v) is 27.6. The predicted octanol–water partition coefficient (Wildman–Crippen LogP) is 12.3. The third-order valence-corrected chi connectivity index (χ3v) is 10.7. The molecular formula is C48H32N2. The van der Waals surface area contributed by atoms with Crippen molar-refractivity contribution in [3.8, 4) is 45.0 Å². The van der Waals surface area contributed by atoms with Crippen LogP contribution in [0.1, 0.15) is 23.6 Å². The van der Waals surface area contributed by atoms with E-state index in [1.165, 1.54) is 60.1 Å². The topological polar surface area (TPSA) is 25.8 Å². The first-order valence-electron chi connectivity index (χ1n) is 17.3. The number of fused-ring (bicyclic) bond motifs is 7. The van der Waals surface area contributed by atoms with Gasteiger partial charge in [-0.1, -0.05) is 158 Å². The van der Waals surface area contributed by atoms with Gasteiger partial charge in [-0.15, -0.1) is 0 Å². The molecule has 2 heteroatoms. The average molecular weight is 637 g/mol. The zero-order chi connectivity index (χ0) is 33.2. The lowest BCUT2D eigenvalue weighted by atomic mass is 9.74. The molecule has 0 amide bonds. The van der Waals surface area contributed by atoms with Gasteiger partial charge < -0.3 is 0 Å². The molecule has 1 aliphatic carbocycles. The van der Waals surface area contributed by atoms with Crippen molar-refractivity contribution in [2.75, 3.05) is 0 Å². The Morgan fingerprint density at radius 3 is 1.90 bits per heavy atom. The van der Waals surface area contributed by atoms with E-state index >= 15 is 0 Å². The molecule has 0 fully saturated rings. The van der Waals surface area contributed by atoms with Crippen molar-refractivity contribution < 1.29 is 0 Å². The van der Waals surface area contributed by atoms with Gasteiger partial charge in [-0.05, 0) is 85.3 Å². The summed E-state index contributed by atoms with van der Waals surface area (Å²) < 4.78 is 0. The van der Waals surface area contributed by atoms with E-state index in [4.69, 9.17) is 9.97 Å². The second kappa shape index (κ2) is 11.1. The van der Waals surface area contributed by atoms with Crippen LogP contribution < -0.4 is 0 Å². The summed E-state index contributed by atoms with van der Waals surface area (Å²) in [5.41, 5.74) is 11.2. The molecule has 0 radical (unpaired) electrons. The monoisotopic (exact) mass is 636 g/mol. The van der Waals surface area contributed by atoms with Crippen LogP contribution in [0.25, 0.3) is 77.3 Å². The number of hydrogen-bond donors (Lipinski definition) is 0. The minimum absolute atomic E-state index is 0.297. The minimum atomic E-state index is -0.297. The molecule has 1 heterocycles. The maximum absolute atomic E-state index is 5.35. The lowest BCUT2D eigenvalue weighted by Gasteiger charge is -2.28. The highest BCUT2D eigenvalue weighted by molar-refractivity contribution is 6.19. The average Bonchev–Trinajstić information content (AvgIpc) is 3.45. The quantitative estimate of drug-likeness (QED) is 0.142. The molecule has 50 heavy (non-hydrogen) atoms. The van der Waals surface area contributed by atoms with E-state index < -0.39 is 0 Å². The van der Waals surface area contributed by atoms with E-state index in [1.54, 1.807) is 0 Å². The second-order valence-corrected chi connectivity index (χ2v) is 13.5. The molecular weight excluding hydrogens is 605 g/mol. The molecule has 0 saturated carbocycles. The van der Waals surface area contributed by atoms with E-state index in [2.05, 4.69) is 177 Å². The third kappa shape index (κ3) is 4.28. The van der Waals surface area contributed by atoms with Gasteiger partial charge >= 0.3 is 0 Å². The Morgan fingerprint density at radius 1 is 0.400 bits per heavy atom. The van der Waals surface area contributed by atoms with Gasteiger partial charge in [-0.3, -0.25) is 0 Å². The summed E-state index contributed by atoms with van der Waals surface area (Å²) in [4.78, 5) is 10.6. The van der Waals surface area contributed by atoms with E-state index in [1.807, 2.05) is 6.07 Å². The number of benzene rings is 8. The summed E-state index contributed by atoms with van der Waals surface area (Å²) in [5.74, 6) is 0.717. The molecule has 2 nitrogen and oxygen atoms in total. The SMILES string of the molecule is CC1(c2ccccc2)c2ccccc2-c2ccc(-c3cc(-c4c5ccccc5cc5c4ccc4ccccc45)nc(-c4ccccc4)n3)cc21. The number of rotatable bonds is 4. The van der Waals surface area contributed by atoms with Gasteiger partial charge in [0.15, 0.2) is 5.82 Å². The lowest BCUT2D eigenvalue weighted by molar-refractivity contribution is 0.714. The Balaban J connectivity index is 1.25. The van der Waals surface area contributed by atoms with E-state index in [0.717, 1.165) is 33.9 Å². The first-order chi connectivity index (χ1) is 24.7. The largest absolute Gasteiger partial charge is 0.228 e. The molecule has 0 aliphatic heterocycles. The first kappa shape index (κ1) is 28.6. The van der Waals surface area contributed by atoms with Crippen LogP contribution in [0.5, 0.6) is 0 Å². The Morgan fingerprint density at radius 2 is 1.06 bits per heavy atom. The van der Waals surface area contributed by atoms with E-state index in [0.29, 0.717) is 0 Å². The Bertz CT molecular complexity index is 2770. The fraction of sp³-hybridized carbons (Fsp3) is 0.0417. The molecule has 0 bridgehead atoms. The molecule has 0 N–H and O–H groups in total. The third-order valence-electron chi connectivity index (χ3n) is 10.7. The van der Waals surface area contributed by atoms with Crippen LogP contribution in [-0.4, -0.2) is 9.97 Å². The molecule has 1 aliphatic rings. The standard InChI is InChI=1S/C48H32N2/c1-48(35-18-6-3-7-19-35)42-23-13-12-22-38(42)39-26-25-34(29-43(39)48)44-30-45(50-47(49-44)32-15-4-2-5-16-32)46-37-21-11-9-17-33(37)28-41-36-20-10-8-14-31(36)24-27-40(41)46/h2-30H,1H3. The summed E-state index contributed by atoms with van der Waals surface area (Å²) in [6, 6.07) is 63.4. The van der Waals surface area contributed by atoms with Crippen molar-refractivity contribution in [3.05, 3.63) is 193 Å². The van der Waals surface area contributed by atoms with Crippen LogP contribution in [0.3, 0.4) is 0 Å². The molecule has 0 spiro atoms. The maximum atomic E-state index is 5.35. The van der Waals surface area contributed by atoms with Crippen LogP contribution in [-0.2, 0) is 5.41 Å².